The van der Waals surface area contributed by atoms with Crippen molar-refractivity contribution in [1.29, 1.82) is 0 Å². The van der Waals surface area contributed by atoms with Gasteiger partial charge in [0.25, 0.3) is 0 Å². The maximum atomic E-state index is 11.9. The maximum absolute atomic E-state index is 11.9. The number of hydrogen-bond donors (Lipinski definition) is 2. The number of rotatable bonds is 8. The van der Waals surface area contributed by atoms with Crippen molar-refractivity contribution in [3.63, 3.8) is 0 Å². The third kappa shape index (κ3) is 5.90. The van der Waals surface area contributed by atoms with E-state index in [1.54, 1.807) is 24.3 Å². The van der Waals surface area contributed by atoms with Crippen LogP contribution in [0.15, 0.2) is 29.2 Å². The molecule has 1 amide bonds. The molecule has 0 radical (unpaired) electrons. The fraction of sp³-hybridized carbons (Fsp3) is 0.462. The number of alkyl halides is 1. The molecular formula is C13H19ClN2O3S. The van der Waals surface area contributed by atoms with E-state index < -0.39 is 10.0 Å². The van der Waals surface area contributed by atoms with Gasteiger partial charge in [-0.15, -0.1) is 11.6 Å². The lowest BCUT2D eigenvalue weighted by atomic mass is 10.2. The molecule has 0 fully saturated rings. The highest BCUT2D eigenvalue weighted by Crippen LogP contribution is 2.09. The average molecular weight is 319 g/mol. The van der Waals surface area contributed by atoms with Crippen LogP contribution in [0.3, 0.4) is 0 Å². The van der Waals surface area contributed by atoms with Crippen molar-refractivity contribution in [2.75, 3.05) is 19.0 Å². The van der Waals surface area contributed by atoms with Gasteiger partial charge in [-0.2, -0.15) is 0 Å². The van der Waals surface area contributed by atoms with Gasteiger partial charge in [-0.1, -0.05) is 17.7 Å². The summed E-state index contributed by atoms with van der Waals surface area (Å²) in [6, 6.07) is 6.68. The normalized spacial score (nSPS) is 11.3. The Kier molecular flexibility index (Phi) is 6.98. The van der Waals surface area contributed by atoms with Crippen LogP contribution in [0.1, 0.15) is 18.4 Å². The highest BCUT2D eigenvalue weighted by molar-refractivity contribution is 7.89. The Bertz CT molecular complexity index is 529. The van der Waals surface area contributed by atoms with Crippen LogP contribution in [0.25, 0.3) is 0 Å². The highest BCUT2D eigenvalue weighted by Gasteiger charge is 2.12. The molecule has 0 saturated heterocycles. The topological polar surface area (TPSA) is 75.3 Å². The number of benzene rings is 1. The molecule has 1 rings (SSSR count). The number of carbonyl (C=O) groups excluding carboxylic acids is 1. The molecule has 0 saturated carbocycles. The molecule has 0 heterocycles. The van der Waals surface area contributed by atoms with Crippen molar-refractivity contribution >= 4 is 27.5 Å². The summed E-state index contributed by atoms with van der Waals surface area (Å²) in [5, 5.41) is 2.62. The zero-order valence-corrected chi connectivity index (χ0v) is 12.9. The number of sulfonamides is 1. The number of amides is 1. The standard InChI is InChI=1S/C13H19ClN2O3S/c1-11-4-6-12(7-5-11)20(18,19)16-9-3-2-8-15-13(17)10-14/h4-7,16H,2-3,8-10H2,1H3,(H,15,17). The summed E-state index contributed by atoms with van der Waals surface area (Å²) < 4.78 is 26.4. The van der Waals surface area contributed by atoms with Gasteiger partial charge in [0.15, 0.2) is 0 Å². The van der Waals surface area contributed by atoms with Gasteiger partial charge in [-0.25, -0.2) is 13.1 Å². The molecular weight excluding hydrogens is 300 g/mol. The molecule has 0 aliphatic heterocycles. The van der Waals surface area contributed by atoms with Gasteiger partial charge < -0.3 is 5.32 Å². The molecule has 112 valence electrons. The van der Waals surface area contributed by atoms with Crippen LogP contribution in [0, 0.1) is 6.92 Å². The molecule has 2 N–H and O–H groups in total. The molecule has 0 spiro atoms. The summed E-state index contributed by atoms with van der Waals surface area (Å²) in [6.07, 6.45) is 1.34. The van der Waals surface area contributed by atoms with Crippen molar-refractivity contribution in [3.8, 4) is 0 Å². The van der Waals surface area contributed by atoms with Gasteiger partial charge in [-0.05, 0) is 31.9 Å². The summed E-state index contributed by atoms with van der Waals surface area (Å²) >= 11 is 5.33. The fourth-order valence-electron chi connectivity index (χ4n) is 1.53. The second-order valence-corrected chi connectivity index (χ2v) is 6.44. The second kappa shape index (κ2) is 8.24. The van der Waals surface area contributed by atoms with Crippen molar-refractivity contribution in [3.05, 3.63) is 29.8 Å². The van der Waals surface area contributed by atoms with Crippen LogP contribution in [-0.2, 0) is 14.8 Å². The molecule has 20 heavy (non-hydrogen) atoms. The summed E-state index contributed by atoms with van der Waals surface area (Å²) in [5.41, 5.74) is 1.01. The smallest absolute Gasteiger partial charge is 0.240 e. The Hall–Kier alpha value is -1.11. The molecule has 0 aliphatic rings. The largest absolute Gasteiger partial charge is 0.355 e. The molecule has 0 aliphatic carbocycles. The first-order chi connectivity index (χ1) is 9.45. The van der Waals surface area contributed by atoms with E-state index in [1.165, 1.54) is 0 Å². The summed E-state index contributed by atoms with van der Waals surface area (Å²) in [7, 11) is -3.44. The predicted molar refractivity (Wildman–Crippen MR) is 79.3 cm³/mol. The van der Waals surface area contributed by atoms with Gasteiger partial charge >= 0.3 is 0 Å². The van der Waals surface area contributed by atoms with Crippen LogP contribution in [-0.4, -0.2) is 33.3 Å². The minimum absolute atomic E-state index is 0.0555. The van der Waals surface area contributed by atoms with Crippen LogP contribution in [0.5, 0.6) is 0 Å². The molecule has 1 aromatic rings. The first kappa shape index (κ1) is 16.9. The van der Waals surface area contributed by atoms with Crippen LogP contribution in [0.2, 0.25) is 0 Å². The van der Waals surface area contributed by atoms with Crippen molar-refractivity contribution in [2.24, 2.45) is 0 Å². The summed E-state index contributed by atoms with van der Waals surface area (Å²) in [4.78, 5) is 11.1. The minimum atomic E-state index is -3.44. The van der Waals surface area contributed by atoms with Crippen molar-refractivity contribution < 1.29 is 13.2 Å². The Morgan fingerprint density at radius 2 is 1.75 bits per heavy atom. The summed E-state index contributed by atoms with van der Waals surface area (Å²) in [6.45, 7) is 2.74. The Labute approximate surface area is 124 Å². The average Bonchev–Trinajstić information content (AvgIpc) is 2.42. The second-order valence-electron chi connectivity index (χ2n) is 4.40. The fourth-order valence-corrected chi connectivity index (χ4v) is 2.70. The van der Waals surface area contributed by atoms with Crippen LogP contribution < -0.4 is 10.0 Å². The van der Waals surface area contributed by atoms with E-state index in [1.807, 2.05) is 6.92 Å². The molecule has 0 bridgehead atoms. The molecule has 0 unspecified atom stereocenters. The SMILES string of the molecule is Cc1ccc(S(=O)(=O)NCCCCNC(=O)CCl)cc1. The zero-order valence-electron chi connectivity index (χ0n) is 11.4. The van der Waals surface area contributed by atoms with E-state index in [9.17, 15) is 13.2 Å². The molecule has 0 atom stereocenters. The Balaban J connectivity index is 2.30. The van der Waals surface area contributed by atoms with E-state index in [0.717, 1.165) is 5.56 Å². The van der Waals surface area contributed by atoms with Crippen LogP contribution >= 0.6 is 11.6 Å². The minimum Gasteiger partial charge on any atom is -0.355 e. The lowest BCUT2D eigenvalue weighted by Crippen LogP contribution is -2.28. The monoisotopic (exact) mass is 318 g/mol. The number of aryl methyl sites for hydroxylation is 1. The highest BCUT2D eigenvalue weighted by atomic mass is 35.5. The van der Waals surface area contributed by atoms with E-state index in [0.29, 0.717) is 25.9 Å². The quantitative estimate of drug-likeness (QED) is 0.562. The van der Waals surface area contributed by atoms with Gasteiger partial charge in [0.2, 0.25) is 15.9 Å². The first-order valence-electron chi connectivity index (χ1n) is 6.34. The van der Waals surface area contributed by atoms with Gasteiger partial charge in [0.05, 0.1) is 4.90 Å². The molecule has 0 aromatic heterocycles. The van der Waals surface area contributed by atoms with E-state index in [2.05, 4.69) is 10.0 Å². The number of halogens is 1. The lowest BCUT2D eigenvalue weighted by molar-refractivity contribution is -0.118. The molecule has 1 aromatic carbocycles. The summed E-state index contributed by atoms with van der Waals surface area (Å²) in [5.74, 6) is -0.271. The number of unbranched alkanes of at least 4 members (excludes halogenated alkanes) is 1. The Morgan fingerprint density at radius 3 is 2.35 bits per heavy atom. The van der Waals surface area contributed by atoms with Gasteiger partial charge in [-0.3, -0.25) is 4.79 Å². The maximum Gasteiger partial charge on any atom is 0.240 e. The van der Waals surface area contributed by atoms with Gasteiger partial charge in [0.1, 0.15) is 5.88 Å². The third-order valence-electron chi connectivity index (χ3n) is 2.67. The molecule has 5 nitrogen and oxygen atoms in total. The molecule has 7 heteroatoms. The lowest BCUT2D eigenvalue weighted by Gasteiger charge is -2.07. The predicted octanol–water partition coefficient (Wildman–Crippen LogP) is 1.41. The van der Waals surface area contributed by atoms with E-state index in [-0.39, 0.29) is 16.7 Å². The zero-order chi connectivity index (χ0) is 15.0. The van der Waals surface area contributed by atoms with Crippen molar-refractivity contribution in [1.82, 2.24) is 10.0 Å². The van der Waals surface area contributed by atoms with Gasteiger partial charge in [0, 0.05) is 13.1 Å². The van der Waals surface area contributed by atoms with E-state index in [4.69, 9.17) is 11.6 Å². The Morgan fingerprint density at radius 1 is 1.15 bits per heavy atom. The number of nitrogens with one attached hydrogen (secondary N) is 2. The number of hydrogen-bond acceptors (Lipinski definition) is 3. The third-order valence-corrected chi connectivity index (χ3v) is 4.39. The van der Waals surface area contributed by atoms with Crippen molar-refractivity contribution in [2.45, 2.75) is 24.7 Å². The van der Waals surface area contributed by atoms with E-state index >= 15 is 0 Å². The number of carbonyl (C=O) groups is 1. The van der Waals surface area contributed by atoms with Crippen LogP contribution in [0.4, 0.5) is 0 Å². The first-order valence-corrected chi connectivity index (χ1v) is 8.36.